The Bertz CT molecular complexity index is 1720. The largest absolute Gasteiger partial charge is 0.467 e. The van der Waals surface area contributed by atoms with Crippen molar-refractivity contribution in [3.05, 3.63) is 118 Å². The SMILES string of the molecule is CCOC(=O)C(C)(C)c1ccc(S(=O)(=O)N(CC)c2ccc(Cl)cc2CN(Cc2ccco2)C(=O)c2ccccc2Cl)cc1. The first kappa shape index (κ1) is 33.1. The lowest BCUT2D eigenvalue weighted by molar-refractivity contribution is -0.148. The summed E-state index contributed by atoms with van der Waals surface area (Å²) < 4.78 is 40.1. The topological polar surface area (TPSA) is 97.1 Å². The number of rotatable bonds is 12. The Morgan fingerprint density at radius 2 is 1.61 bits per heavy atom. The monoisotopic (exact) mass is 656 g/mol. The Kier molecular flexibility index (Phi) is 10.4. The number of anilines is 1. The van der Waals surface area contributed by atoms with Gasteiger partial charge in [0, 0.05) is 18.1 Å². The number of esters is 1. The van der Waals surface area contributed by atoms with Crippen LogP contribution in [0.2, 0.25) is 10.0 Å². The Hall–Kier alpha value is -3.79. The first-order valence-electron chi connectivity index (χ1n) is 14.0. The van der Waals surface area contributed by atoms with Gasteiger partial charge in [-0.25, -0.2) is 8.42 Å². The number of carbonyl (C=O) groups excluding carboxylic acids is 2. The molecule has 8 nitrogen and oxygen atoms in total. The normalized spacial score (nSPS) is 11.7. The van der Waals surface area contributed by atoms with Gasteiger partial charge in [-0.15, -0.1) is 0 Å². The van der Waals surface area contributed by atoms with Gasteiger partial charge in [0.15, 0.2) is 0 Å². The highest BCUT2D eigenvalue weighted by Crippen LogP contribution is 2.33. The molecule has 0 aliphatic heterocycles. The second-order valence-electron chi connectivity index (χ2n) is 10.5. The van der Waals surface area contributed by atoms with Crippen molar-refractivity contribution in [2.45, 2.75) is 51.1 Å². The number of benzene rings is 3. The van der Waals surface area contributed by atoms with Crippen LogP contribution in [-0.4, -0.2) is 38.3 Å². The zero-order valence-corrected chi connectivity index (χ0v) is 27.2. The van der Waals surface area contributed by atoms with Gasteiger partial charge in [-0.2, -0.15) is 0 Å². The van der Waals surface area contributed by atoms with Crippen molar-refractivity contribution in [3.8, 4) is 0 Å². The Morgan fingerprint density at radius 1 is 0.909 bits per heavy atom. The van der Waals surface area contributed by atoms with Crippen LogP contribution in [0.5, 0.6) is 0 Å². The van der Waals surface area contributed by atoms with Crippen LogP contribution in [0, 0.1) is 0 Å². The average Bonchev–Trinajstić information content (AvgIpc) is 3.51. The van der Waals surface area contributed by atoms with Crippen LogP contribution in [0.3, 0.4) is 0 Å². The van der Waals surface area contributed by atoms with Crippen LogP contribution in [0.1, 0.15) is 54.9 Å². The summed E-state index contributed by atoms with van der Waals surface area (Å²) in [5.41, 5.74) is 0.837. The highest BCUT2D eigenvalue weighted by Gasteiger charge is 2.33. The zero-order valence-electron chi connectivity index (χ0n) is 24.9. The molecule has 0 bridgehead atoms. The molecular weight excluding hydrogens is 623 g/mol. The van der Waals surface area contributed by atoms with Gasteiger partial charge in [-0.1, -0.05) is 47.5 Å². The number of hydrogen-bond acceptors (Lipinski definition) is 6. The number of ether oxygens (including phenoxy) is 1. The summed E-state index contributed by atoms with van der Waals surface area (Å²) in [7, 11) is -4.07. The number of amides is 1. The van der Waals surface area contributed by atoms with Gasteiger partial charge in [0.25, 0.3) is 15.9 Å². The molecule has 0 fully saturated rings. The van der Waals surface area contributed by atoms with Crippen LogP contribution >= 0.6 is 23.2 Å². The summed E-state index contributed by atoms with van der Waals surface area (Å²) in [5, 5.41) is 0.673. The maximum atomic E-state index is 14.0. The van der Waals surface area contributed by atoms with E-state index < -0.39 is 21.4 Å². The third-order valence-electron chi connectivity index (χ3n) is 7.23. The molecule has 0 aliphatic carbocycles. The minimum absolute atomic E-state index is 0.0132. The van der Waals surface area contributed by atoms with Gasteiger partial charge in [-0.3, -0.25) is 13.9 Å². The lowest BCUT2D eigenvalue weighted by atomic mass is 9.85. The zero-order chi connectivity index (χ0) is 32.1. The van der Waals surface area contributed by atoms with E-state index in [4.69, 9.17) is 32.4 Å². The van der Waals surface area contributed by atoms with Gasteiger partial charge >= 0.3 is 5.97 Å². The van der Waals surface area contributed by atoms with Crippen LogP contribution in [0.4, 0.5) is 5.69 Å². The van der Waals surface area contributed by atoms with Crippen LogP contribution in [0.15, 0.2) is 94.4 Å². The number of carbonyl (C=O) groups is 2. The van der Waals surface area contributed by atoms with Crippen molar-refractivity contribution < 1.29 is 27.2 Å². The summed E-state index contributed by atoms with van der Waals surface area (Å²) in [6.45, 7) is 7.38. The molecule has 1 aromatic heterocycles. The standard InChI is InChI=1S/C33H34Cl2N2O6S/c1-5-37(44(40,41)27-16-13-24(14-17-27)33(3,4)32(39)42-6-2)30-18-15-25(34)20-23(30)21-36(22-26-10-9-19-43-26)31(38)28-11-7-8-12-29(28)35/h7-20H,5-6,21-22H2,1-4H3. The van der Waals surface area contributed by atoms with Crippen LogP contribution < -0.4 is 4.31 Å². The molecule has 0 saturated heterocycles. The number of furan rings is 1. The molecule has 1 amide bonds. The molecule has 0 N–H and O–H groups in total. The van der Waals surface area contributed by atoms with E-state index >= 15 is 0 Å². The Balaban J connectivity index is 1.72. The molecule has 0 unspecified atom stereocenters. The second kappa shape index (κ2) is 13.9. The maximum Gasteiger partial charge on any atom is 0.315 e. The molecular formula is C33H34Cl2N2O6S. The van der Waals surface area contributed by atoms with E-state index in [-0.39, 0.29) is 37.0 Å². The van der Waals surface area contributed by atoms with Gasteiger partial charge in [0.1, 0.15) is 5.76 Å². The van der Waals surface area contributed by atoms with Gasteiger partial charge in [-0.05, 0) is 93.4 Å². The third-order valence-corrected chi connectivity index (χ3v) is 9.69. The van der Waals surface area contributed by atoms with E-state index in [0.29, 0.717) is 38.2 Å². The number of halogens is 2. The summed E-state index contributed by atoms with van der Waals surface area (Å²) >= 11 is 12.8. The first-order chi connectivity index (χ1) is 20.9. The average molecular weight is 658 g/mol. The molecule has 0 saturated carbocycles. The summed E-state index contributed by atoms with van der Waals surface area (Å²) in [6, 6.07) is 21.3. The van der Waals surface area contributed by atoms with Crippen LogP contribution in [0.25, 0.3) is 0 Å². The van der Waals surface area contributed by atoms with Crippen molar-refractivity contribution in [2.24, 2.45) is 0 Å². The lowest BCUT2D eigenvalue weighted by Crippen LogP contribution is -2.34. The highest BCUT2D eigenvalue weighted by atomic mass is 35.5. The van der Waals surface area contributed by atoms with E-state index in [1.54, 1.807) is 94.4 Å². The van der Waals surface area contributed by atoms with Crippen molar-refractivity contribution in [3.63, 3.8) is 0 Å². The van der Waals surface area contributed by atoms with Gasteiger partial charge in [0.2, 0.25) is 0 Å². The highest BCUT2D eigenvalue weighted by molar-refractivity contribution is 7.92. The summed E-state index contributed by atoms with van der Waals surface area (Å²) in [6.07, 6.45) is 1.52. The fraction of sp³-hybridized carbons (Fsp3) is 0.273. The smallest absolute Gasteiger partial charge is 0.315 e. The molecule has 1 heterocycles. The van der Waals surface area contributed by atoms with E-state index in [2.05, 4.69) is 0 Å². The molecule has 232 valence electrons. The molecule has 0 radical (unpaired) electrons. The molecule has 0 aliphatic rings. The minimum atomic E-state index is -4.07. The molecule has 44 heavy (non-hydrogen) atoms. The third kappa shape index (κ3) is 7.12. The Morgan fingerprint density at radius 3 is 2.23 bits per heavy atom. The molecule has 4 rings (SSSR count). The molecule has 0 spiro atoms. The predicted octanol–water partition coefficient (Wildman–Crippen LogP) is 7.48. The van der Waals surface area contributed by atoms with Gasteiger partial charge in [0.05, 0.1) is 46.0 Å². The molecule has 3 aromatic carbocycles. The minimum Gasteiger partial charge on any atom is -0.467 e. The quantitative estimate of drug-likeness (QED) is 0.147. The summed E-state index contributed by atoms with van der Waals surface area (Å²) in [4.78, 5) is 27.8. The molecule has 0 atom stereocenters. The van der Waals surface area contributed by atoms with Gasteiger partial charge < -0.3 is 14.1 Å². The second-order valence-corrected chi connectivity index (χ2v) is 13.2. The van der Waals surface area contributed by atoms with Crippen molar-refractivity contribution in [1.29, 1.82) is 0 Å². The lowest BCUT2D eigenvalue weighted by Gasteiger charge is -2.29. The number of sulfonamides is 1. The fourth-order valence-electron chi connectivity index (χ4n) is 4.79. The fourth-order valence-corrected chi connectivity index (χ4v) is 6.72. The van der Waals surface area contributed by atoms with E-state index in [1.165, 1.54) is 27.6 Å². The summed E-state index contributed by atoms with van der Waals surface area (Å²) in [5.74, 6) is -0.217. The molecule has 11 heteroatoms. The number of nitrogens with zero attached hydrogens (tertiary/aromatic N) is 2. The predicted molar refractivity (Wildman–Crippen MR) is 171 cm³/mol. The first-order valence-corrected chi connectivity index (χ1v) is 16.2. The molecule has 4 aromatic rings. The Labute approximate surface area is 268 Å². The van der Waals surface area contributed by atoms with Crippen molar-refractivity contribution in [1.82, 2.24) is 4.90 Å². The van der Waals surface area contributed by atoms with E-state index in [0.717, 1.165) is 0 Å². The number of hydrogen-bond donors (Lipinski definition) is 0. The van der Waals surface area contributed by atoms with E-state index in [9.17, 15) is 18.0 Å². The maximum absolute atomic E-state index is 14.0. The van der Waals surface area contributed by atoms with E-state index in [1.807, 2.05) is 0 Å². The van der Waals surface area contributed by atoms with Crippen molar-refractivity contribution in [2.75, 3.05) is 17.5 Å². The van der Waals surface area contributed by atoms with Crippen LogP contribution in [-0.2, 0) is 38.1 Å². The van der Waals surface area contributed by atoms with Crippen molar-refractivity contribution >= 4 is 50.8 Å².